The van der Waals surface area contributed by atoms with Gasteiger partial charge in [-0.25, -0.2) is 0 Å². The Bertz CT molecular complexity index is 492. The number of anilines is 1. The highest BCUT2D eigenvalue weighted by molar-refractivity contribution is 5.75. The molecule has 0 saturated heterocycles. The van der Waals surface area contributed by atoms with Gasteiger partial charge >= 0.3 is 0 Å². The fourth-order valence-corrected chi connectivity index (χ4v) is 1.46. The molecule has 0 unspecified atom stereocenters. The summed E-state index contributed by atoms with van der Waals surface area (Å²) in [6.45, 7) is 0. The highest BCUT2D eigenvalue weighted by Gasteiger charge is 2.02. The standard InChI is InChI=1S/C13H10NO2/c15-9-14-11-7-5-10(6-8-11)12-3-1-2-4-13(12)16/h1-2,4-9,16H,(H,14,15). The molecule has 2 aromatic rings. The average molecular weight is 212 g/mol. The first-order valence-electron chi connectivity index (χ1n) is 4.81. The molecule has 0 aliphatic heterocycles. The number of carbonyl (C=O) groups is 1. The van der Waals surface area contributed by atoms with Gasteiger partial charge in [0.2, 0.25) is 6.41 Å². The Hall–Kier alpha value is -2.29. The van der Waals surface area contributed by atoms with Crippen LogP contribution in [-0.2, 0) is 4.79 Å². The molecule has 0 atom stereocenters. The lowest BCUT2D eigenvalue weighted by Crippen LogP contribution is -1.92. The maximum atomic E-state index is 10.2. The molecule has 16 heavy (non-hydrogen) atoms. The lowest BCUT2D eigenvalue weighted by atomic mass is 10.0. The average Bonchev–Trinajstić information content (AvgIpc) is 2.31. The fraction of sp³-hybridized carbons (Fsp3) is 0. The summed E-state index contributed by atoms with van der Waals surface area (Å²) in [6.07, 6.45) is 0.626. The second-order valence-corrected chi connectivity index (χ2v) is 3.27. The summed E-state index contributed by atoms with van der Waals surface area (Å²) in [7, 11) is 0. The van der Waals surface area contributed by atoms with Gasteiger partial charge in [-0.05, 0) is 29.8 Å². The molecule has 2 rings (SSSR count). The van der Waals surface area contributed by atoms with Gasteiger partial charge in [0.25, 0.3) is 0 Å². The van der Waals surface area contributed by atoms with Crippen molar-refractivity contribution in [1.29, 1.82) is 0 Å². The first kappa shape index (κ1) is 10.2. The molecule has 0 aliphatic rings. The number of phenolic OH excluding ortho intramolecular Hbond substituents is 1. The van der Waals surface area contributed by atoms with Gasteiger partial charge in [-0.2, -0.15) is 0 Å². The third-order valence-corrected chi connectivity index (χ3v) is 2.23. The molecule has 1 radical (unpaired) electrons. The Morgan fingerprint density at radius 3 is 2.56 bits per heavy atom. The van der Waals surface area contributed by atoms with Crippen molar-refractivity contribution in [3.8, 4) is 16.9 Å². The maximum Gasteiger partial charge on any atom is 0.211 e. The summed E-state index contributed by atoms with van der Waals surface area (Å²) in [5, 5.41) is 12.2. The van der Waals surface area contributed by atoms with Gasteiger partial charge in [0.05, 0.1) is 0 Å². The van der Waals surface area contributed by atoms with Crippen molar-refractivity contribution in [3.63, 3.8) is 0 Å². The van der Waals surface area contributed by atoms with Crippen molar-refractivity contribution < 1.29 is 9.90 Å². The van der Waals surface area contributed by atoms with E-state index in [0.717, 1.165) is 5.56 Å². The number of hydrogen-bond acceptors (Lipinski definition) is 2. The molecule has 0 aromatic heterocycles. The Kier molecular flexibility index (Phi) is 2.87. The van der Waals surface area contributed by atoms with Gasteiger partial charge in [0, 0.05) is 11.3 Å². The number of rotatable bonds is 3. The zero-order valence-electron chi connectivity index (χ0n) is 8.47. The van der Waals surface area contributed by atoms with Crippen LogP contribution in [-0.4, -0.2) is 11.5 Å². The molecule has 0 fully saturated rings. The zero-order chi connectivity index (χ0) is 11.4. The van der Waals surface area contributed by atoms with E-state index >= 15 is 0 Å². The lowest BCUT2D eigenvalue weighted by Gasteiger charge is -2.04. The maximum absolute atomic E-state index is 10.2. The van der Waals surface area contributed by atoms with Crippen molar-refractivity contribution in [2.24, 2.45) is 0 Å². The van der Waals surface area contributed by atoms with Gasteiger partial charge < -0.3 is 10.4 Å². The summed E-state index contributed by atoms with van der Waals surface area (Å²) in [5.41, 5.74) is 2.23. The summed E-state index contributed by atoms with van der Waals surface area (Å²) < 4.78 is 0. The van der Waals surface area contributed by atoms with Crippen LogP contribution in [0.2, 0.25) is 0 Å². The number of carbonyl (C=O) groups excluding carboxylic acids is 1. The summed E-state index contributed by atoms with van der Waals surface area (Å²) >= 11 is 0. The number of phenols is 1. The molecule has 79 valence electrons. The van der Waals surface area contributed by atoms with Crippen molar-refractivity contribution in [2.75, 3.05) is 5.32 Å². The highest BCUT2D eigenvalue weighted by Crippen LogP contribution is 2.28. The number of benzene rings is 2. The molecule has 0 bridgehead atoms. The van der Waals surface area contributed by atoms with Crippen molar-refractivity contribution >= 4 is 12.1 Å². The number of hydrogen-bond donors (Lipinski definition) is 2. The topological polar surface area (TPSA) is 49.3 Å². The van der Waals surface area contributed by atoms with Crippen LogP contribution in [0.5, 0.6) is 5.75 Å². The van der Waals surface area contributed by atoms with Crippen molar-refractivity contribution in [1.82, 2.24) is 0 Å². The quantitative estimate of drug-likeness (QED) is 0.767. The van der Waals surface area contributed by atoms with Crippen LogP contribution in [0.4, 0.5) is 5.69 Å². The minimum atomic E-state index is 0.193. The zero-order valence-corrected chi connectivity index (χ0v) is 8.47. The molecule has 3 nitrogen and oxygen atoms in total. The molecule has 0 spiro atoms. The van der Waals surface area contributed by atoms with Crippen LogP contribution < -0.4 is 5.32 Å². The van der Waals surface area contributed by atoms with Crippen LogP contribution in [0.25, 0.3) is 11.1 Å². The van der Waals surface area contributed by atoms with E-state index < -0.39 is 0 Å². The Morgan fingerprint density at radius 1 is 1.19 bits per heavy atom. The minimum Gasteiger partial charge on any atom is -0.507 e. The van der Waals surface area contributed by atoms with Crippen molar-refractivity contribution in [2.45, 2.75) is 0 Å². The van der Waals surface area contributed by atoms with Crippen LogP contribution in [0.3, 0.4) is 0 Å². The normalized spacial score (nSPS) is 9.75. The number of amides is 1. The van der Waals surface area contributed by atoms with E-state index in [0.29, 0.717) is 17.7 Å². The smallest absolute Gasteiger partial charge is 0.211 e. The molecule has 1 amide bonds. The predicted octanol–water partition coefficient (Wildman–Crippen LogP) is 2.43. The second kappa shape index (κ2) is 4.49. The lowest BCUT2D eigenvalue weighted by molar-refractivity contribution is -0.105. The molecule has 0 heterocycles. The molecule has 0 saturated carbocycles. The first-order chi connectivity index (χ1) is 7.81. The SMILES string of the molecule is O=CNc1ccc(-c2[c]cccc2O)cc1. The van der Waals surface area contributed by atoms with E-state index in [1.165, 1.54) is 0 Å². The van der Waals surface area contributed by atoms with E-state index in [9.17, 15) is 9.90 Å². The van der Waals surface area contributed by atoms with Crippen LogP contribution in [0.1, 0.15) is 0 Å². The van der Waals surface area contributed by atoms with Crippen LogP contribution in [0, 0.1) is 6.07 Å². The fourth-order valence-electron chi connectivity index (χ4n) is 1.46. The molecular formula is C13H10NO2. The Labute approximate surface area is 93.4 Å². The third-order valence-electron chi connectivity index (χ3n) is 2.23. The third kappa shape index (κ3) is 2.03. The van der Waals surface area contributed by atoms with Gasteiger partial charge in [0.1, 0.15) is 5.75 Å². The Morgan fingerprint density at radius 2 is 1.94 bits per heavy atom. The van der Waals surface area contributed by atoms with Crippen molar-refractivity contribution in [3.05, 3.63) is 48.5 Å². The second-order valence-electron chi connectivity index (χ2n) is 3.27. The van der Waals surface area contributed by atoms with Crippen LogP contribution >= 0.6 is 0 Å². The number of nitrogens with one attached hydrogen (secondary N) is 1. The molecular weight excluding hydrogens is 202 g/mol. The van der Waals surface area contributed by atoms with Gasteiger partial charge in [-0.15, -0.1) is 0 Å². The first-order valence-corrected chi connectivity index (χ1v) is 4.81. The highest BCUT2D eigenvalue weighted by atomic mass is 16.3. The molecule has 0 aliphatic carbocycles. The van der Waals surface area contributed by atoms with Gasteiger partial charge in [0.15, 0.2) is 0 Å². The summed E-state index contributed by atoms with van der Waals surface area (Å²) in [5.74, 6) is 0.193. The predicted molar refractivity (Wildman–Crippen MR) is 62.1 cm³/mol. The Balaban J connectivity index is 2.35. The minimum absolute atomic E-state index is 0.193. The van der Waals surface area contributed by atoms with E-state index in [2.05, 4.69) is 11.4 Å². The molecule has 2 aromatic carbocycles. The van der Waals surface area contributed by atoms with E-state index in [-0.39, 0.29) is 5.75 Å². The van der Waals surface area contributed by atoms with E-state index in [1.807, 2.05) is 12.1 Å². The molecule has 3 heteroatoms. The summed E-state index contributed by atoms with van der Waals surface area (Å²) in [6, 6.07) is 15.2. The largest absolute Gasteiger partial charge is 0.507 e. The number of aromatic hydroxyl groups is 1. The van der Waals surface area contributed by atoms with E-state index in [4.69, 9.17) is 0 Å². The molecule has 2 N–H and O–H groups in total. The monoisotopic (exact) mass is 212 g/mol. The van der Waals surface area contributed by atoms with Gasteiger partial charge in [-0.3, -0.25) is 4.79 Å². The van der Waals surface area contributed by atoms with E-state index in [1.54, 1.807) is 30.3 Å². The van der Waals surface area contributed by atoms with Gasteiger partial charge in [-0.1, -0.05) is 24.3 Å². The summed E-state index contributed by atoms with van der Waals surface area (Å²) in [4.78, 5) is 10.2. The van der Waals surface area contributed by atoms with Crippen LogP contribution in [0.15, 0.2) is 42.5 Å².